The van der Waals surface area contributed by atoms with E-state index in [0.29, 0.717) is 0 Å². The van der Waals surface area contributed by atoms with E-state index in [9.17, 15) is 9.59 Å². The maximum absolute atomic E-state index is 10.6. The zero-order chi connectivity index (χ0) is 9.56. The van der Waals surface area contributed by atoms with Gasteiger partial charge >= 0.3 is 11.9 Å². The van der Waals surface area contributed by atoms with Crippen molar-refractivity contribution in [3.05, 3.63) is 0 Å². The second-order valence-electron chi connectivity index (χ2n) is 2.09. The lowest BCUT2D eigenvalue weighted by atomic mass is 10.4. The lowest BCUT2D eigenvalue weighted by Gasteiger charge is -2.06. The second-order valence-corrected chi connectivity index (χ2v) is 2.09. The number of hydrogen-bond acceptors (Lipinski definition) is 6. The monoisotopic (exact) mass is 176 g/mol. The Balaban J connectivity index is 3.44. The molecule has 1 atom stereocenters. The molecule has 70 valence electrons. The molecule has 0 spiro atoms. The molecule has 0 aromatic rings. The quantitative estimate of drug-likeness (QED) is 0.392. The van der Waals surface area contributed by atoms with E-state index in [1.807, 2.05) is 0 Å². The van der Waals surface area contributed by atoms with E-state index in [-0.39, 0.29) is 6.54 Å². The smallest absolute Gasteiger partial charge is 0.325 e. The van der Waals surface area contributed by atoms with Crippen molar-refractivity contribution in [2.45, 2.75) is 13.0 Å². The molecule has 0 saturated carbocycles. The molecule has 12 heavy (non-hydrogen) atoms. The first-order valence-electron chi connectivity index (χ1n) is 3.36. The van der Waals surface area contributed by atoms with Crippen LogP contribution in [0.25, 0.3) is 0 Å². The molecule has 1 unspecified atom stereocenters. The minimum atomic E-state index is -0.721. The number of hydrogen-bond donors (Lipinski definition) is 2. The summed E-state index contributed by atoms with van der Waals surface area (Å²) in [6, 6.07) is -0.721. The van der Waals surface area contributed by atoms with Gasteiger partial charge in [0.25, 0.3) is 0 Å². The number of esters is 2. The molecule has 0 rings (SSSR count). The molecular formula is C6H12N2O4. The fourth-order valence-electron chi connectivity index (χ4n) is 0.344. The van der Waals surface area contributed by atoms with E-state index < -0.39 is 24.8 Å². The Hall–Kier alpha value is -1.14. The van der Waals surface area contributed by atoms with Gasteiger partial charge in [-0.05, 0) is 6.92 Å². The summed E-state index contributed by atoms with van der Waals surface area (Å²) in [6.07, 6.45) is 0. The zero-order valence-corrected chi connectivity index (χ0v) is 6.78. The minimum Gasteiger partial charge on any atom is -0.427 e. The number of rotatable bonds is 4. The molecular weight excluding hydrogens is 164 g/mol. The van der Waals surface area contributed by atoms with Gasteiger partial charge in [-0.15, -0.1) is 0 Å². The van der Waals surface area contributed by atoms with Crippen LogP contribution in [-0.4, -0.2) is 31.3 Å². The Bertz CT molecular complexity index is 169. The van der Waals surface area contributed by atoms with E-state index >= 15 is 0 Å². The molecule has 0 bridgehead atoms. The van der Waals surface area contributed by atoms with E-state index in [1.54, 1.807) is 0 Å². The van der Waals surface area contributed by atoms with Gasteiger partial charge in [-0.3, -0.25) is 9.59 Å². The third-order valence-electron chi connectivity index (χ3n) is 0.960. The molecule has 0 heterocycles. The van der Waals surface area contributed by atoms with Gasteiger partial charge in [-0.1, -0.05) is 0 Å². The Kier molecular flexibility index (Phi) is 4.98. The van der Waals surface area contributed by atoms with Gasteiger partial charge in [-0.2, -0.15) is 0 Å². The van der Waals surface area contributed by atoms with Crippen LogP contribution in [0.4, 0.5) is 0 Å². The molecule has 0 aliphatic rings. The second kappa shape index (κ2) is 5.50. The molecule has 0 aliphatic heterocycles. The van der Waals surface area contributed by atoms with Crippen LogP contribution in [0.15, 0.2) is 0 Å². The highest BCUT2D eigenvalue weighted by atomic mass is 16.7. The van der Waals surface area contributed by atoms with Gasteiger partial charge in [-0.25, -0.2) is 0 Å². The number of carbonyl (C=O) groups excluding carboxylic acids is 2. The van der Waals surface area contributed by atoms with E-state index in [2.05, 4.69) is 9.47 Å². The third-order valence-corrected chi connectivity index (χ3v) is 0.960. The summed E-state index contributed by atoms with van der Waals surface area (Å²) >= 11 is 0. The lowest BCUT2D eigenvalue weighted by Crippen LogP contribution is -2.30. The van der Waals surface area contributed by atoms with Gasteiger partial charge in [0.05, 0.1) is 6.54 Å². The zero-order valence-electron chi connectivity index (χ0n) is 6.78. The van der Waals surface area contributed by atoms with Gasteiger partial charge in [0.15, 0.2) is 0 Å². The van der Waals surface area contributed by atoms with Crippen LogP contribution in [0.3, 0.4) is 0 Å². The summed E-state index contributed by atoms with van der Waals surface area (Å²) in [5.41, 5.74) is 10.1. The summed E-state index contributed by atoms with van der Waals surface area (Å²) in [6.45, 7) is 0.791. The van der Waals surface area contributed by atoms with Crippen LogP contribution >= 0.6 is 0 Å². The fourth-order valence-corrected chi connectivity index (χ4v) is 0.344. The number of carbonyl (C=O) groups is 2. The summed E-state index contributed by atoms with van der Waals surface area (Å²) in [7, 11) is 0. The Morgan fingerprint density at radius 2 is 2.00 bits per heavy atom. The summed E-state index contributed by atoms with van der Waals surface area (Å²) < 4.78 is 8.76. The Labute approximate surface area is 69.8 Å². The van der Waals surface area contributed by atoms with Crippen molar-refractivity contribution in [3.8, 4) is 0 Å². The SMILES string of the molecule is CC(N)C(=O)OCOC(=O)CN. The van der Waals surface area contributed by atoms with E-state index in [0.717, 1.165) is 0 Å². The van der Waals surface area contributed by atoms with Gasteiger partial charge in [0.2, 0.25) is 6.79 Å². The molecule has 0 fully saturated rings. The average molecular weight is 176 g/mol. The first-order valence-corrected chi connectivity index (χ1v) is 3.36. The van der Waals surface area contributed by atoms with Crippen LogP contribution in [0.1, 0.15) is 6.92 Å². The largest absolute Gasteiger partial charge is 0.427 e. The number of nitrogens with two attached hydrogens (primary N) is 2. The predicted octanol–water partition coefficient (Wildman–Crippen LogP) is -1.66. The van der Waals surface area contributed by atoms with Crippen LogP contribution in [-0.2, 0) is 19.1 Å². The predicted molar refractivity (Wildman–Crippen MR) is 39.8 cm³/mol. The highest BCUT2D eigenvalue weighted by Gasteiger charge is 2.08. The summed E-state index contributed by atoms with van der Waals surface area (Å²) in [4.78, 5) is 21.0. The molecule has 0 aromatic carbocycles. The van der Waals surface area contributed by atoms with Crippen molar-refractivity contribution >= 4 is 11.9 Å². The van der Waals surface area contributed by atoms with Gasteiger partial charge in [0, 0.05) is 0 Å². The van der Waals surface area contributed by atoms with Gasteiger partial charge in [0.1, 0.15) is 6.04 Å². The van der Waals surface area contributed by atoms with Crippen molar-refractivity contribution in [2.75, 3.05) is 13.3 Å². The van der Waals surface area contributed by atoms with Crippen molar-refractivity contribution in [2.24, 2.45) is 11.5 Å². The fraction of sp³-hybridized carbons (Fsp3) is 0.667. The molecule has 0 amide bonds. The van der Waals surface area contributed by atoms with Crippen LogP contribution in [0.5, 0.6) is 0 Å². The third kappa shape index (κ3) is 4.64. The highest BCUT2D eigenvalue weighted by molar-refractivity contribution is 5.75. The van der Waals surface area contributed by atoms with Crippen molar-refractivity contribution in [1.82, 2.24) is 0 Å². The van der Waals surface area contributed by atoms with Crippen LogP contribution < -0.4 is 11.5 Å². The maximum atomic E-state index is 10.6. The maximum Gasteiger partial charge on any atom is 0.325 e. The Morgan fingerprint density at radius 3 is 2.42 bits per heavy atom. The van der Waals surface area contributed by atoms with Crippen molar-refractivity contribution in [1.29, 1.82) is 0 Å². The molecule has 0 aromatic heterocycles. The molecule has 0 aliphatic carbocycles. The van der Waals surface area contributed by atoms with E-state index in [1.165, 1.54) is 6.92 Å². The molecule has 6 heteroatoms. The van der Waals surface area contributed by atoms with Crippen LogP contribution in [0, 0.1) is 0 Å². The molecule has 0 saturated heterocycles. The first kappa shape index (κ1) is 10.9. The number of ether oxygens (including phenoxy) is 2. The summed E-state index contributed by atoms with van der Waals surface area (Å²) in [5, 5.41) is 0. The normalized spacial score (nSPS) is 11.9. The minimum absolute atomic E-state index is 0.240. The Morgan fingerprint density at radius 1 is 1.42 bits per heavy atom. The van der Waals surface area contributed by atoms with E-state index in [4.69, 9.17) is 11.5 Å². The molecule has 4 N–H and O–H groups in total. The topological polar surface area (TPSA) is 105 Å². The van der Waals surface area contributed by atoms with Gasteiger partial charge < -0.3 is 20.9 Å². The van der Waals surface area contributed by atoms with Crippen molar-refractivity contribution < 1.29 is 19.1 Å². The summed E-state index contributed by atoms with van der Waals surface area (Å²) in [5.74, 6) is -1.26. The molecule has 0 radical (unpaired) electrons. The average Bonchev–Trinajstić information content (AvgIpc) is 2.03. The molecule has 6 nitrogen and oxygen atoms in total. The standard InChI is InChI=1S/C6H12N2O4/c1-4(8)6(10)12-3-11-5(9)2-7/h4H,2-3,7-8H2,1H3. The highest BCUT2D eigenvalue weighted by Crippen LogP contribution is 1.85. The van der Waals surface area contributed by atoms with Crippen LogP contribution in [0.2, 0.25) is 0 Å². The van der Waals surface area contributed by atoms with Crippen molar-refractivity contribution in [3.63, 3.8) is 0 Å². The lowest BCUT2D eigenvalue weighted by molar-refractivity contribution is -0.166. The first-order chi connectivity index (χ1) is 5.57.